The molecule has 0 aromatic heterocycles. The van der Waals surface area contributed by atoms with Crippen molar-refractivity contribution in [2.45, 2.75) is 65.9 Å². The minimum Gasteiger partial charge on any atom is -0.378 e. The highest BCUT2D eigenvalue weighted by atomic mass is 16.5. The summed E-state index contributed by atoms with van der Waals surface area (Å²) in [5.74, 6) is 0.727. The molecular formula is C15H31NO. The molecule has 0 spiro atoms. The highest BCUT2D eigenvalue weighted by molar-refractivity contribution is 4.73. The van der Waals surface area contributed by atoms with Crippen molar-refractivity contribution >= 4 is 0 Å². The van der Waals surface area contributed by atoms with E-state index < -0.39 is 0 Å². The van der Waals surface area contributed by atoms with E-state index >= 15 is 0 Å². The van der Waals surface area contributed by atoms with Crippen LogP contribution >= 0.6 is 0 Å². The van der Waals surface area contributed by atoms with Gasteiger partial charge in [0.2, 0.25) is 0 Å². The standard InChI is InChI=1S/C15H31NO/c1-13(2)10-16-11-15(3,4)12-17-14-8-6-5-7-9-14/h13-14,16H,5-12H2,1-4H3. The summed E-state index contributed by atoms with van der Waals surface area (Å²) in [6, 6.07) is 0. The van der Waals surface area contributed by atoms with E-state index in [0.29, 0.717) is 6.10 Å². The highest BCUT2D eigenvalue weighted by Gasteiger charge is 2.21. The van der Waals surface area contributed by atoms with Gasteiger partial charge in [-0.15, -0.1) is 0 Å². The second-order valence-electron chi connectivity index (χ2n) is 6.76. The van der Waals surface area contributed by atoms with Crippen LogP contribution in [-0.2, 0) is 4.74 Å². The monoisotopic (exact) mass is 241 g/mol. The van der Waals surface area contributed by atoms with Gasteiger partial charge in [0.15, 0.2) is 0 Å². The molecule has 1 saturated carbocycles. The summed E-state index contributed by atoms with van der Waals surface area (Å²) >= 11 is 0. The molecule has 102 valence electrons. The molecule has 0 radical (unpaired) electrons. The minimum absolute atomic E-state index is 0.256. The Morgan fingerprint density at radius 1 is 1.18 bits per heavy atom. The van der Waals surface area contributed by atoms with Crippen molar-refractivity contribution in [2.24, 2.45) is 11.3 Å². The molecule has 17 heavy (non-hydrogen) atoms. The third-order valence-electron chi connectivity index (χ3n) is 3.42. The lowest BCUT2D eigenvalue weighted by Gasteiger charge is -2.30. The van der Waals surface area contributed by atoms with Crippen LogP contribution in [0.2, 0.25) is 0 Å². The van der Waals surface area contributed by atoms with E-state index in [2.05, 4.69) is 33.0 Å². The molecule has 0 aromatic rings. The van der Waals surface area contributed by atoms with Crippen LogP contribution in [0.5, 0.6) is 0 Å². The highest BCUT2D eigenvalue weighted by Crippen LogP contribution is 2.23. The molecule has 0 aliphatic heterocycles. The molecule has 1 aliphatic carbocycles. The second-order valence-corrected chi connectivity index (χ2v) is 6.76. The third-order valence-corrected chi connectivity index (χ3v) is 3.42. The Hall–Kier alpha value is -0.0800. The van der Waals surface area contributed by atoms with Crippen molar-refractivity contribution in [3.63, 3.8) is 0 Å². The topological polar surface area (TPSA) is 21.3 Å². The number of hydrogen-bond acceptors (Lipinski definition) is 2. The van der Waals surface area contributed by atoms with Crippen LogP contribution in [0.25, 0.3) is 0 Å². The summed E-state index contributed by atoms with van der Waals surface area (Å²) in [4.78, 5) is 0. The van der Waals surface area contributed by atoms with E-state index in [-0.39, 0.29) is 5.41 Å². The molecule has 1 aliphatic rings. The molecule has 2 nitrogen and oxygen atoms in total. The van der Waals surface area contributed by atoms with Crippen molar-refractivity contribution in [2.75, 3.05) is 19.7 Å². The van der Waals surface area contributed by atoms with Crippen LogP contribution in [0.4, 0.5) is 0 Å². The summed E-state index contributed by atoms with van der Waals surface area (Å²) in [6.45, 7) is 12.1. The van der Waals surface area contributed by atoms with Gasteiger partial charge in [-0.25, -0.2) is 0 Å². The molecule has 0 aromatic carbocycles. The van der Waals surface area contributed by atoms with Gasteiger partial charge in [-0.1, -0.05) is 47.0 Å². The van der Waals surface area contributed by atoms with Crippen molar-refractivity contribution in [3.05, 3.63) is 0 Å². The first kappa shape index (κ1) is 15.0. The molecule has 1 fully saturated rings. The summed E-state index contributed by atoms with van der Waals surface area (Å²) in [6.07, 6.45) is 7.20. The second kappa shape index (κ2) is 7.38. The Morgan fingerprint density at radius 3 is 2.41 bits per heavy atom. The first-order valence-electron chi connectivity index (χ1n) is 7.32. The summed E-state index contributed by atoms with van der Waals surface area (Å²) < 4.78 is 6.07. The van der Waals surface area contributed by atoms with Crippen LogP contribution in [0.1, 0.15) is 59.8 Å². The predicted molar refractivity (Wildman–Crippen MR) is 74.3 cm³/mol. The molecule has 0 heterocycles. The van der Waals surface area contributed by atoms with Crippen LogP contribution < -0.4 is 5.32 Å². The zero-order valence-electron chi connectivity index (χ0n) is 12.2. The van der Waals surface area contributed by atoms with E-state index in [4.69, 9.17) is 4.74 Å². The molecule has 1 rings (SSSR count). The largest absolute Gasteiger partial charge is 0.378 e. The molecule has 1 N–H and O–H groups in total. The molecule has 0 saturated heterocycles. The van der Waals surface area contributed by atoms with E-state index in [1.807, 2.05) is 0 Å². The van der Waals surface area contributed by atoms with Gasteiger partial charge in [-0.05, 0) is 25.3 Å². The summed E-state index contributed by atoms with van der Waals surface area (Å²) in [7, 11) is 0. The van der Waals surface area contributed by atoms with E-state index in [0.717, 1.165) is 25.6 Å². The van der Waals surface area contributed by atoms with Crippen molar-refractivity contribution in [1.29, 1.82) is 0 Å². The fourth-order valence-corrected chi connectivity index (χ4v) is 2.33. The fourth-order valence-electron chi connectivity index (χ4n) is 2.33. The van der Waals surface area contributed by atoms with Gasteiger partial charge < -0.3 is 10.1 Å². The van der Waals surface area contributed by atoms with Crippen molar-refractivity contribution in [1.82, 2.24) is 5.32 Å². The molecule has 0 bridgehead atoms. The Bertz CT molecular complexity index is 195. The first-order valence-corrected chi connectivity index (χ1v) is 7.32. The van der Waals surface area contributed by atoms with E-state index in [1.165, 1.54) is 32.1 Å². The third kappa shape index (κ3) is 7.05. The van der Waals surface area contributed by atoms with Gasteiger partial charge in [0.25, 0.3) is 0 Å². The van der Waals surface area contributed by atoms with Gasteiger partial charge in [-0.3, -0.25) is 0 Å². The quantitative estimate of drug-likeness (QED) is 0.735. The molecule has 2 heteroatoms. The van der Waals surface area contributed by atoms with Gasteiger partial charge >= 0.3 is 0 Å². The van der Waals surface area contributed by atoms with Crippen LogP contribution in [0.3, 0.4) is 0 Å². The van der Waals surface area contributed by atoms with Crippen molar-refractivity contribution in [3.8, 4) is 0 Å². The average molecular weight is 241 g/mol. The maximum atomic E-state index is 6.07. The lowest BCUT2D eigenvalue weighted by Crippen LogP contribution is -2.36. The van der Waals surface area contributed by atoms with Crippen LogP contribution in [0.15, 0.2) is 0 Å². The van der Waals surface area contributed by atoms with Crippen LogP contribution in [0, 0.1) is 11.3 Å². The Kier molecular flexibility index (Phi) is 6.50. The molecule has 0 amide bonds. The van der Waals surface area contributed by atoms with E-state index in [1.54, 1.807) is 0 Å². The van der Waals surface area contributed by atoms with Gasteiger partial charge in [0.05, 0.1) is 12.7 Å². The number of rotatable bonds is 7. The fraction of sp³-hybridized carbons (Fsp3) is 1.00. The smallest absolute Gasteiger partial charge is 0.0575 e. The lowest BCUT2D eigenvalue weighted by atomic mass is 9.93. The van der Waals surface area contributed by atoms with Gasteiger partial charge in [0, 0.05) is 12.0 Å². The number of hydrogen-bond donors (Lipinski definition) is 1. The zero-order chi connectivity index (χ0) is 12.7. The van der Waals surface area contributed by atoms with E-state index in [9.17, 15) is 0 Å². The van der Waals surface area contributed by atoms with Crippen LogP contribution in [-0.4, -0.2) is 25.8 Å². The van der Waals surface area contributed by atoms with Crippen molar-refractivity contribution < 1.29 is 4.74 Å². The van der Waals surface area contributed by atoms with Gasteiger partial charge in [0.1, 0.15) is 0 Å². The zero-order valence-corrected chi connectivity index (χ0v) is 12.2. The maximum absolute atomic E-state index is 6.07. The SMILES string of the molecule is CC(C)CNCC(C)(C)COC1CCCCC1. The number of nitrogens with one attached hydrogen (secondary N) is 1. The maximum Gasteiger partial charge on any atom is 0.0575 e. The average Bonchev–Trinajstić information content (AvgIpc) is 2.27. The van der Waals surface area contributed by atoms with Gasteiger partial charge in [-0.2, -0.15) is 0 Å². The number of ether oxygens (including phenoxy) is 1. The Balaban J connectivity index is 2.14. The Labute approximate surface area is 108 Å². The molecule has 0 atom stereocenters. The molecule has 0 unspecified atom stereocenters. The summed E-state index contributed by atoms with van der Waals surface area (Å²) in [5, 5.41) is 3.53. The molecular weight excluding hydrogens is 210 g/mol. The minimum atomic E-state index is 0.256. The Morgan fingerprint density at radius 2 is 1.82 bits per heavy atom. The normalized spacial score (nSPS) is 18.9. The summed E-state index contributed by atoms with van der Waals surface area (Å²) in [5.41, 5.74) is 0.256. The first-order chi connectivity index (χ1) is 7.99. The predicted octanol–water partition coefficient (Wildman–Crippen LogP) is 3.61. The lowest BCUT2D eigenvalue weighted by molar-refractivity contribution is -0.0145.